The lowest BCUT2D eigenvalue weighted by atomic mass is 10.2. The largest absolute Gasteiger partial charge is 0.496 e. The molecule has 10 heteroatoms. The third-order valence-corrected chi connectivity index (χ3v) is 4.87. The standard InChI is InChI=1S/C21H17F2N5O2S/c1-30-18-7-3-2-6-15(18)20-25-27(21(31)28(20)26-10-4-5-11-26)13-19(29)24-17-9-8-14(22)12-16(17)23/h2-12H,13H2,1H3,(H,24,29). The molecule has 0 saturated heterocycles. The molecule has 0 aliphatic rings. The van der Waals surface area contributed by atoms with E-state index in [1.54, 1.807) is 34.9 Å². The summed E-state index contributed by atoms with van der Waals surface area (Å²) < 4.78 is 37.4. The maximum atomic E-state index is 13.9. The molecule has 0 fully saturated rings. The van der Waals surface area contributed by atoms with E-state index < -0.39 is 17.5 Å². The van der Waals surface area contributed by atoms with Gasteiger partial charge in [-0.25, -0.2) is 18.1 Å². The second-order valence-electron chi connectivity index (χ2n) is 6.51. The Hall–Kier alpha value is -3.79. The van der Waals surface area contributed by atoms with E-state index in [4.69, 9.17) is 17.0 Å². The molecule has 0 saturated carbocycles. The van der Waals surface area contributed by atoms with Crippen molar-refractivity contribution in [3.05, 3.63) is 83.4 Å². The van der Waals surface area contributed by atoms with Crippen molar-refractivity contribution in [1.29, 1.82) is 0 Å². The van der Waals surface area contributed by atoms with Gasteiger partial charge in [-0.2, -0.15) is 0 Å². The number of amides is 1. The van der Waals surface area contributed by atoms with Gasteiger partial charge < -0.3 is 10.1 Å². The number of benzene rings is 2. The van der Waals surface area contributed by atoms with E-state index in [2.05, 4.69) is 10.4 Å². The van der Waals surface area contributed by atoms with Gasteiger partial charge in [0, 0.05) is 18.5 Å². The van der Waals surface area contributed by atoms with Crippen molar-refractivity contribution in [2.24, 2.45) is 0 Å². The number of nitrogens with zero attached hydrogens (tertiary/aromatic N) is 4. The molecule has 2 heterocycles. The summed E-state index contributed by atoms with van der Waals surface area (Å²) in [6.07, 6.45) is 3.57. The lowest BCUT2D eigenvalue weighted by molar-refractivity contribution is -0.117. The zero-order chi connectivity index (χ0) is 22.0. The van der Waals surface area contributed by atoms with Crippen LogP contribution in [0.1, 0.15) is 0 Å². The van der Waals surface area contributed by atoms with Crippen molar-refractivity contribution >= 4 is 23.8 Å². The van der Waals surface area contributed by atoms with E-state index in [-0.39, 0.29) is 17.0 Å². The zero-order valence-electron chi connectivity index (χ0n) is 16.3. The van der Waals surface area contributed by atoms with E-state index in [0.717, 1.165) is 12.1 Å². The van der Waals surface area contributed by atoms with Crippen molar-refractivity contribution in [2.75, 3.05) is 12.4 Å². The Bertz CT molecular complexity index is 1300. The minimum absolute atomic E-state index is 0.132. The summed E-state index contributed by atoms with van der Waals surface area (Å²) in [4.78, 5) is 12.5. The Morgan fingerprint density at radius 3 is 2.58 bits per heavy atom. The van der Waals surface area contributed by atoms with E-state index in [0.29, 0.717) is 23.2 Å². The molecule has 158 valence electrons. The van der Waals surface area contributed by atoms with Crippen LogP contribution in [0.3, 0.4) is 0 Å². The Balaban J connectivity index is 1.72. The lowest BCUT2D eigenvalue weighted by Crippen LogP contribution is -2.20. The van der Waals surface area contributed by atoms with Gasteiger partial charge in [-0.3, -0.25) is 9.47 Å². The third kappa shape index (κ3) is 4.10. The summed E-state index contributed by atoms with van der Waals surface area (Å²) in [6, 6.07) is 13.9. The van der Waals surface area contributed by atoms with Crippen molar-refractivity contribution in [3.8, 4) is 17.1 Å². The van der Waals surface area contributed by atoms with Gasteiger partial charge in [0.1, 0.15) is 23.9 Å². The highest BCUT2D eigenvalue weighted by atomic mass is 32.1. The molecular weight excluding hydrogens is 424 g/mol. The molecule has 2 aromatic carbocycles. The van der Waals surface area contributed by atoms with Crippen LogP contribution in [-0.4, -0.2) is 32.1 Å². The van der Waals surface area contributed by atoms with Crippen molar-refractivity contribution in [2.45, 2.75) is 6.54 Å². The number of aromatic nitrogens is 4. The normalized spacial score (nSPS) is 10.8. The van der Waals surface area contributed by atoms with Gasteiger partial charge in [0.15, 0.2) is 5.82 Å². The monoisotopic (exact) mass is 441 g/mol. The van der Waals surface area contributed by atoms with E-state index in [9.17, 15) is 13.6 Å². The first-order chi connectivity index (χ1) is 15.0. The SMILES string of the molecule is COc1ccccc1-c1nn(CC(=O)Nc2ccc(F)cc2F)c(=S)n1-n1cccc1. The second-order valence-corrected chi connectivity index (χ2v) is 6.88. The molecule has 2 aromatic heterocycles. The van der Waals surface area contributed by atoms with Gasteiger partial charge in [0.25, 0.3) is 0 Å². The Labute approximate surface area is 181 Å². The topological polar surface area (TPSA) is 66.0 Å². The van der Waals surface area contributed by atoms with Gasteiger partial charge in [-0.1, -0.05) is 12.1 Å². The number of methoxy groups -OCH3 is 1. The van der Waals surface area contributed by atoms with Crippen LogP contribution in [0.15, 0.2) is 67.0 Å². The quantitative estimate of drug-likeness (QED) is 0.457. The minimum Gasteiger partial charge on any atom is -0.496 e. The van der Waals surface area contributed by atoms with Crippen LogP contribution in [0, 0.1) is 16.4 Å². The fraction of sp³-hybridized carbons (Fsp3) is 0.0952. The predicted octanol–water partition coefficient (Wildman–Crippen LogP) is 4.12. The maximum Gasteiger partial charge on any atom is 0.246 e. The molecule has 1 N–H and O–H groups in total. The zero-order valence-corrected chi connectivity index (χ0v) is 17.1. The smallest absolute Gasteiger partial charge is 0.246 e. The van der Waals surface area contributed by atoms with Crippen LogP contribution in [0.25, 0.3) is 11.4 Å². The fourth-order valence-electron chi connectivity index (χ4n) is 3.08. The van der Waals surface area contributed by atoms with Crippen molar-refractivity contribution in [1.82, 2.24) is 19.1 Å². The van der Waals surface area contributed by atoms with E-state index >= 15 is 0 Å². The highest BCUT2D eigenvalue weighted by Crippen LogP contribution is 2.29. The van der Waals surface area contributed by atoms with Crippen LogP contribution < -0.4 is 10.1 Å². The molecule has 4 aromatic rings. The molecule has 0 radical (unpaired) electrons. The second kappa shape index (κ2) is 8.52. The Morgan fingerprint density at radius 2 is 1.87 bits per heavy atom. The lowest BCUT2D eigenvalue weighted by Gasteiger charge is -2.10. The first-order valence-electron chi connectivity index (χ1n) is 9.19. The molecular formula is C21H17F2N5O2S. The van der Waals surface area contributed by atoms with Crippen LogP contribution in [0.4, 0.5) is 14.5 Å². The highest BCUT2D eigenvalue weighted by Gasteiger charge is 2.19. The molecule has 0 bridgehead atoms. The third-order valence-electron chi connectivity index (χ3n) is 4.48. The van der Waals surface area contributed by atoms with E-state index in [1.165, 1.54) is 4.68 Å². The van der Waals surface area contributed by atoms with Gasteiger partial charge >= 0.3 is 0 Å². The maximum absolute atomic E-state index is 13.9. The summed E-state index contributed by atoms with van der Waals surface area (Å²) in [5.74, 6) is -1.13. The molecule has 0 aliphatic heterocycles. The summed E-state index contributed by atoms with van der Waals surface area (Å²) in [5, 5.41) is 6.93. The summed E-state index contributed by atoms with van der Waals surface area (Å²) >= 11 is 5.56. The van der Waals surface area contributed by atoms with Crippen LogP contribution in [0.2, 0.25) is 0 Å². The highest BCUT2D eigenvalue weighted by molar-refractivity contribution is 7.71. The first-order valence-corrected chi connectivity index (χ1v) is 9.60. The average molecular weight is 441 g/mol. The number of halogens is 2. The van der Waals surface area contributed by atoms with Gasteiger partial charge in [-0.05, 0) is 48.6 Å². The number of carbonyl (C=O) groups excluding carboxylic acids is 1. The summed E-state index contributed by atoms with van der Waals surface area (Å²) in [6.45, 7) is -0.272. The number of para-hydroxylation sites is 1. The van der Waals surface area contributed by atoms with Gasteiger partial charge in [-0.15, -0.1) is 5.10 Å². The van der Waals surface area contributed by atoms with E-state index in [1.807, 2.05) is 30.3 Å². The molecule has 31 heavy (non-hydrogen) atoms. The molecule has 0 unspecified atom stereocenters. The number of ether oxygens (including phenoxy) is 1. The molecule has 7 nitrogen and oxygen atoms in total. The number of hydrogen-bond acceptors (Lipinski definition) is 4. The number of nitrogens with one attached hydrogen (secondary N) is 1. The van der Waals surface area contributed by atoms with Crippen LogP contribution >= 0.6 is 12.2 Å². The molecule has 0 aliphatic carbocycles. The van der Waals surface area contributed by atoms with Crippen LogP contribution in [-0.2, 0) is 11.3 Å². The number of rotatable bonds is 6. The molecule has 0 spiro atoms. The molecule has 1 amide bonds. The fourth-order valence-corrected chi connectivity index (χ4v) is 3.37. The number of carbonyl (C=O) groups is 1. The Morgan fingerprint density at radius 1 is 1.13 bits per heavy atom. The molecule has 4 rings (SSSR count). The average Bonchev–Trinajstić information content (AvgIpc) is 3.38. The summed E-state index contributed by atoms with van der Waals surface area (Å²) in [7, 11) is 1.55. The van der Waals surface area contributed by atoms with Gasteiger partial charge in [0.2, 0.25) is 10.7 Å². The molecule has 0 atom stereocenters. The first kappa shape index (κ1) is 20.5. The predicted molar refractivity (Wildman–Crippen MR) is 113 cm³/mol. The minimum atomic E-state index is -0.871. The van der Waals surface area contributed by atoms with Crippen LogP contribution in [0.5, 0.6) is 5.75 Å². The Kier molecular flexibility index (Phi) is 5.63. The summed E-state index contributed by atoms with van der Waals surface area (Å²) in [5.41, 5.74) is 0.543. The van der Waals surface area contributed by atoms with Crippen molar-refractivity contribution in [3.63, 3.8) is 0 Å². The van der Waals surface area contributed by atoms with Gasteiger partial charge in [0.05, 0.1) is 18.4 Å². The number of hydrogen-bond donors (Lipinski definition) is 1. The number of anilines is 1. The van der Waals surface area contributed by atoms with Crippen molar-refractivity contribution < 1.29 is 18.3 Å².